The lowest BCUT2D eigenvalue weighted by Gasteiger charge is -2.11. The van der Waals surface area contributed by atoms with E-state index < -0.39 is 0 Å². The third kappa shape index (κ3) is 2.69. The Morgan fingerprint density at radius 1 is 1.14 bits per heavy atom. The molecule has 0 unspecified atom stereocenters. The second kappa shape index (κ2) is 5.70. The molecule has 1 aromatic heterocycles. The van der Waals surface area contributed by atoms with Crippen LogP contribution in [0.25, 0.3) is 10.9 Å². The van der Waals surface area contributed by atoms with Gasteiger partial charge in [-0.05, 0) is 30.7 Å². The van der Waals surface area contributed by atoms with Crippen LogP contribution in [0.3, 0.4) is 0 Å². The predicted molar refractivity (Wildman–Crippen MR) is 82.5 cm³/mol. The number of aryl methyl sites for hydroxylation is 1. The molecule has 0 amide bonds. The van der Waals surface area contributed by atoms with Gasteiger partial charge in [-0.1, -0.05) is 30.3 Å². The monoisotopic (exact) mass is 301 g/mol. The van der Waals surface area contributed by atoms with Crippen molar-refractivity contribution >= 4 is 22.5 Å². The third-order valence-electron chi connectivity index (χ3n) is 3.27. The van der Waals surface area contributed by atoms with Crippen LogP contribution >= 0.6 is 11.6 Å². The third-order valence-corrected chi connectivity index (χ3v) is 3.56. The first-order chi connectivity index (χ1) is 10.2. The lowest BCUT2D eigenvalue weighted by Crippen LogP contribution is -1.97. The van der Waals surface area contributed by atoms with Gasteiger partial charge in [-0.2, -0.15) is 0 Å². The number of fused-ring (bicyclic) bond motifs is 1. The van der Waals surface area contributed by atoms with Crippen LogP contribution < -0.4 is 4.74 Å². The zero-order chi connectivity index (χ0) is 14.8. The normalized spacial score (nSPS) is 10.8. The number of pyridine rings is 1. The Labute approximate surface area is 127 Å². The second-order valence-electron chi connectivity index (χ2n) is 4.77. The highest BCUT2D eigenvalue weighted by Gasteiger charge is 2.12. The smallest absolute Gasteiger partial charge is 0.224 e. The molecule has 0 saturated heterocycles. The molecule has 0 fully saturated rings. The van der Waals surface area contributed by atoms with Crippen LogP contribution in [0.4, 0.5) is 4.39 Å². The van der Waals surface area contributed by atoms with Gasteiger partial charge in [0.1, 0.15) is 0 Å². The molecular weight excluding hydrogens is 289 g/mol. The average Bonchev–Trinajstić information content (AvgIpc) is 2.51. The maximum absolute atomic E-state index is 14.1. The van der Waals surface area contributed by atoms with Crippen LogP contribution in [0.2, 0.25) is 0 Å². The Morgan fingerprint density at radius 3 is 2.76 bits per heavy atom. The van der Waals surface area contributed by atoms with E-state index in [-0.39, 0.29) is 17.4 Å². The zero-order valence-corrected chi connectivity index (χ0v) is 12.2. The maximum Gasteiger partial charge on any atom is 0.224 e. The number of aromatic nitrogens is 1. The van der Waals surface area contributed by atoms with E-state index in [4.69, 9.17) is 16.3 Å². The molecule has 106 valence electrons. The van der Waals surface area contributed by atoms with Gasteiger partial charge in [-0.3, -0.25) is 0 Å². The average molecular weight is 302 g/mol. The van der Waals surface area contributed by atoms with Crippen molar-refractivity contribution in [3.8, 4) is 11.6 Å². The van der Waals surface area contributed by atoms with E-state index in [1.54, 1.807) is 25.1 Å². The Bertz CT molecular complexity index is 804. The summed E-state index contributed by atoms with van der Waals surface area (Å²) in [6.07, 6.45) is 0. The number of hydrogen-bond donors (Lipinski definition) is 0. The van der Waals surface area contributed by atoms with Crippen molar-refractivity contribution in [3.05, 3.63) is 65.5 Å². The van der Waals surface area contributed by atoms with Crippen molar-refractivity contribution in [2.75, 3.05) is 0 Å². The lowest BCUT2D eigenvalue weighted by molar-refractivity contribution is 0.424. The summed E-state index contributed by atoms with van der Waals surface area (Å²) in [5.41, 5.74) is 2.05. The summed E-state index contributed by atoms with van der Waals surface area (Å²) in [5, 5.41) is 0.977. The molecule has 0 aliphatic rings. The predicted octanol–water partition coefficient (Wildman–Crippen LogP) is 5.21. The Morgan fingerprint density at radius 2 is 1.95 bits per heavy atom. The summed E-state index contributed by atoms with van der Waals surface area (Å²) >= 11 is 5.96. The summed E-state index contributed by atoms with van der Waals surface area (Å²) in [5.74, 6) is 0.367. The van der Waals surface area contributed by atoms with Gasteiger partial charge in [0, 0.05) is 10.9 Å². The second-order valence-corrected chi connectivity index (χ2v) is 5.04. The summed E-state index contributed by atoms with van der Waals surface area (Å²) < 4.78 is 19.7. The van der Waals surface area contributed by atoms with E-state index in [1.807, 2.05) is 30.3 Å². The molecule has 1 heterocycles. The SMILES string of the molecule is Cc1cccc(Oc2nc3ccccc3cc2CCl)c1F. The molecule has 2 aromatic carbocycles. The standard InChI is InChI=1S/C17H13ClFNO/c1-11-5-4-8-15(16(11)19)21-17-13(10-18)9-12-6-2-3-7-14(12)20-17/h2-9H,10H2,1H3. The lowest BCUT2D eigenvalue weighted by atomic mass is 10.1. The first-order valence-corrected chi connectivity index (χ1v) is 7.10. The van der Waals surface area contributed by atoms with Crippen LogP contribution in [-0.2, 0) is 5.88 Å². The van der Waals surface area contributed by atoms with Gasteiger partial charge >= 0.3 is 0 Å². The molecule has 0 aliphatic heterocycles. The van der Waals surface area contributed by atoms with Crippen LogP contribution in [0, 0.1) is 12.7 Å². The van der Waals surface area contributed by atoms with Crippen molar-refractivity contribution in [1.82, 2.24) is 4.98 Å². The quantitative estimate of drug-likeness (QED) is 0.619. The van der Waals surface area contributed by atoms with Gasteiger partial charge in [0.2, 0.25) is 5.88 Å². The van der Waals surface area contributed by atoms with Crippen LogP contribution in [0.15, 0.2) is 48.5 Å². The van der Waals surface area contributed by atoms with Gasteiger partial charge in [0.05, 0.1) is 11.4 Å². The molecular formula is C17H13ClFNO. The van der Waals surface area contributed by atoms with E-state index >= 15 is 0 Å². The summed E-state index contributed by atoms with van der Waals surface area (Å²) in [4.78, 5) is 4.44. The molecule has 0 N–H and O–H groups in total. The van der Waals surface area contributed by atoms with Crippen molar-refractivity contribution in [2.24, 2.45) is 0 Å². The van der Waals surface area contributed by atoms with Crippen LogP contribution in [0.1, 0.15) is 11.1 Å². The molecule has 2 nitrogen and oxygen atoms in total. The number of alkyl halides is 1. The molecule has 0 spiro atoms. The number of para-hydroxylation sites is 1. The number of hydrogen-bond acceptors (Lipinski definition) is 2. The van der Waals surface area contributed by atoms with Gasteiger partial charge in [-0.25, -0.2) is 9.37 Å². The molecule has 0 saturated carbocycles. The van der Waals surface area contributed by atoms with Crippen molar-refractivity contribution in [3.63, 3.8) is 0 Å². The molecule has 3 rings (SSSR count). The number of ether oxygens (including phenoxy) is 1. The number of halogens is 2. The fourth-order valence-corrected chi connectivity index (χ4v) is 2.32. The topological polar surface area (TPSA) is 22.1 Å². The van der Waals surface area contributed by atoms with Crippen LogP contribution in [-0.4, -0.2) is 4.98 Å². The minimum Gasteiger partial charge on any atom is -0.436 e. The highest BCUT2D eigenvalue weighted by Crippen LogP contribution is 2.30. The van der Waals surface area contributed by atoms with E-state index in [9.17, 15) is 4.39 Å². The molecule has 0 atom stereocenters. The molecule has 3 aromatic rings. The molecule has 0 radical (unpaired) electrons. The van der Waals surface area contributed by atoms with Crippen LogP contribution in [0.5, 0.6) is 11.6 Å². The molecule has 0 bridgehead atoms. The Hall–Kier alpha value is -2.13. The zero-order valence-electron chi connectivity index (χ0n) is 11.4. The van der Waals surface area contributed by atoms with Gasteiger partial charge < -0.3 is 4.74 Å². The summed E-state index contributed by atoms with van der Waals surface area (Å²) in [6, 6.07) is 14.6. The minimum atomic E-state index is -0.381. The van der Waals surface area contributed by atoms with E-state index in [0.717, 1.165) is 16.5 Å². The first-order valence-electron chi connectivity index (χ1n) is 6.56. The minimum absolute atomic E-state index is 0.157. The van der Waals surface area contributed by atoms with E-state index in [1.165, 1.54) is 0 Å². The Kier molecular flexibility index (Phi) is 3.76. The summed E-state index contributed by atoms with van der Waals surface area (Å²) in [6.45, 7) is 1.69. The van der Waals surface area contributed by atoms with Crippen molar-refractivity contribution < 1.29 is 9.13 Å². The van der Waals surface area contributed by atoms with Gasteiger partial charge in [0.25, 0.3) is 0 Å². The highest BCUT2D eigenvalue weighted by atomic mass is 35.5. The van der Waals surface area contributed by atoms with Crippen molar-refractivity contribution in [2.45, 2.75) is 12.8 Å². The number of nitrogens with zero attached hydrogens (tertiary/aromatic N) is 1. The highest BCUT2D eigenvalue weighted by molar-refractivity contribution is 6.17. The summed E-state index contributed by atoms with van der Waals surface area (Å²) in [7, 11) is 0. The van der Waals surface area contributed by atoms with Gasteiger partial charge in [0.15, 0.2) is 11.6 Å². The molecule has 4 heteroatoms. The first kappa shape index (κ1) is 13.8. The number of benzene rings is 2. The molecule has 21 heavy (non-hydrogen) atoms. The fraction of sp³-hybridized carbons (Fsp3) is 0.118. The fourth-order valence-electron chi connectivity index (χ4n) is 2.13. The molecule has 0 aliphatic carbocycles. The van der Waals surface area contributed by atoms with Gasteiger partial charge in [-0.15, -0.1) is 11.6 Å². The maximum atomic E-state index is 14.1. The largest absolute Gasteiger partial charge is 0.436 e. The Balaban J connectivity index is 2.09. The van der Waals surface area contributed by atoms with E-state index in [2.05, 4.69) is 4.98 Å². The van der Waals surface area contributed by atoms with Crippen molar-refractivity contribution in [1.29, 1.82) is 0 Å². The number of rotatable bonds is 3. The van der Waals surface area contributed by atoms with E-state index in [0.29, 0.717) is 11.4 Å².